The van der Waals surface area contributed by atoms with Crippen LogP contribution in [0.4, 0.5) is 20.6 Å². The first-order valence-electron chi connectivity index (χ1n) is 7.94. The third-order valence-electron chi connectivity index (χ3n) is 4.52. The Kier molecular flexibility index (Phi) is 3.56. The summed E-state index contributed by atoms with van der Waals surface area (Å²) in [5, 5.41) is 2.61. The van der Waals surface area contributed by atoms with Gasteiger partial charge in [-0.1, -0.05) is 0 Å². The highest BCUT2D eigenvalue weighted by molar-refractivity contribution is 5.90. The zero-order valence-electron chi connectivity index (χ0n) is 13.2. The van der Waals surface area contributed by atoms with E-state index in [-0.39, 0.29) is 37.0 Å². The van der Waals surface area contributed by atoms with Gasteiger partial charge >= 0.3 is 6.09 Å². The molecular formula is C16H18FN3O4. The highest BCUT2D eigenvalue weighted by Gasteiger charge is 2.47. The Labute approximate surface area is 138 Å². The molecule has 0 spiro atoms. The number of benzene rings is 1. The van der Waals surface area contributed by atoms with E-state index in [0.717, 1.165) is 0 Å². The summed E-state index contributed by atoms with van der Waals surface area (Å²) in [6, 6.07) is 4.75. The van der Waals surface area contributed by atoms with Crippen molar-refractivity contribution in [2.24, 2.45) is 0 Å². The van der Waals surface area contributed by atoms with Gasteiger partial charge in [0.1, 0.15) is 24.1 Å². The Morgan fingerprint density at radius 1 is 1.33 bits per heavy atom. The van der Waals surface area contributed by atoms with E-state index in [4.69, 9.17) is 9.47 Å². The van der Waals surface area contributed by atoms with E-state index in [1.807, 2.05) is 4.90 Å². The second-order valence-electron chi connectivity index (χ2n) is 6.31. The van der Waals surface area contributed by atoms with Crippen molar-refractivity contribution in [1.82, 2.24) is 5.32 Å². The lowest BCUT2D eigenvalue weighted by Crippen LogP contribution is -2.33. The van der Waals surface area contributed by atoms with Crippen molar-refractivity contribution < 1.29 is 23.5 Å². The number of fused-ring (bicyclic) bond motifs is 1. The number of epoxide rings is 1. The quantitative estimate of drug-likeness (QED) is 0.827. The topological polar surface area (TPSA) is 74.4 Å². The summed E-state index contributed by atoms with van der Waals surface area (Å²) in [5.74, 6) is -0.556. The molecule has 128 valence electrons. The number of cyclic esters (lactones) is 1. The summed E-state index contributed by atoms with van der Waals surface area (Å²) >= 11 is 0. The molecule has 3 heterocycles. The normalized spacial score (nSPS) is 27.9. The Morgan fingerprint density at radius 3 is 2.75 bits per heavy atom. The van der Waals surface area contributed by atoms with Gasteiger partial charge in [0.25, 0.3) is 0 Å². The van der Waals surface area contributed by atoms with Gasteiger partial charge in [-0.3, -0.25) is 9.69 Å². The zero-order valence-corrected chi connectivity index (χ0v) is 13.2. The second-order valence-corrected chi connectivity index (χ2v) is 6.31. The summed E-state index contributed by atoms with van der Waals surface area (Å²) in [6.45, 7) is 3.32. The van der Waals surface area contributed by atoms with E-state index < -0.39 is 12.2 Å². The fourth-order valence-electron chi connectivity index (χ4n) is 3.22. The second kappa shape index (κ2) is 5.62. The molecule has 7 nitrogen and oxygen atoms in total. The number of carbonyl (C=O) groups excluding carboxylic acids is 2. The summed E-state index contributed by atoms with van der Waals surface area (Å²) in [5.41, 5.74) is 0.976. The number of anilines is 2. The van der Waals surface area contributed by atoms with Crippen molar-refractivity contribution in [1.29, 1.82) is 0 Å². The van der Waals surface area contributed by atoms with E-state index in [2.05, 4.69) is 5.32 Å². The van der Waals surface area contributed by atoms with Gasteiger partial charge in [-0.2, -0.15) is 0 Å². The smallest absolute Gasteiger partial charge is 0.414 e. The third-order valence-corrected chi connectivity index (χ3v) is 4.52. The van der Waals surface area contributed by atoms with Crippen LogP contribution in [0.15, 0.2) is 18.2 Å². The molecule has 0 bridgehead atoms. The first kappa shape index (κ1) is 15.2. The standard InChI is InChI=1S/C16H18FN3O4/c1-9(21)18-5-11-6-20(16(22)23-11)10-2-3-13(12(17)4-10)19-7-14-15(8-19)24-14/h2-4,11,14-15H,5-8H2,1H3,(H,18,21)/t11-,14?,15?/m0/s1. The number of rotatable bonds is 4. The highest BCUT2D eigenvalue weighted by Crippen LogP contribution is 2.36. The number of hydrogen-bond acceptors (Lipinski definition) is 5. The molecule has 0 aromatic heterocycles. The number of nitrogens with zero attached hydrogens (tertiary/aromatic N) is 2. The van der Waals surface area contributed by atoms with Gasteiger partial charge in [-0.05, 0) is 18.2 Å². The van der Waals surface area contributed by atoms with Gasteiger partial charge < -0.3 is 19.7 Å². The number of carbonyl (C=O) groups is 2. The molecule has 3 aliphatic rings. The van der Waals surface area contributed by atoms with Crippen molar-refractivity contribution in [2.45, 2.75) is 25.2 Å². The van der Waals surface area contributed by atoms with Crippen LogP contribution in [0.25, 0.3) is 0 Å². The van der Waals surface area contributed by atoms with Crippen LogP contribution in [0.1, 0.15) is 6.92 Å². The monoisotopic (exact) mass is 335 g/mol. The minimum Gasteiger partial charge on any atom is -0.442 e. The van der Waals surface area contributed by atoms with Crippen LogP contribution in [0.3, 0.4) is 0 Å². The summed E-state index contributed by atoms with van der Waals surface area (Å²) in [7, 11) is 0. The molecule has 0 aliphatic carbocycles. The van der Waals surface area contributed by atoms with Gasteiger partial charge in [-0.25, -0.2) is 9.18 Å². The van der Waals surface area contributed by atoms with Crippen LogP contribution in [-0.4, -0.2) is 56.5 Å². The third kappa shape index (κ3) is 2.77. The van der Waals surface area contributed by atoms with Crippen molar-refractivity contribution in [3.05, 3.63) is 24.0 Å². The lowest BCUT2D eigenvalue weighted by Gasteiger charge is -2.22. The molecule has 3 fully saturated rings. The molecule has 3 saturated heterocycles. The molecule has 24 heavy (non-hydrogen) atoms. The minimum atomic E-state index is -0.534. The molecule has 2 unspecified atom stereocenters. The Hall–Kier alpha value is -2.35. The molecular weight excluding hydrogens is 317 g/mol. The zero-order chi connectivity index (χ0) is 16.8. The number of amides is 2. The van der Waals surface area contributed by atoms with Gasteiger partial charge in [0, 0.05) is 20.0 Å². The first-order valence-corrected chi connectivity index (χ1v) is 7.94. The minimum absolute atomic E-state index is 0.187. The average Bonchev–Trinajstić information content (AvgIpc) is 2.97. The molecule has 0 radical (unpaired) electrons. The molecule has 1 N–H and O–H groups in total. The van der Waals surface area contributed by atoms with Gasteiger partial charge in [0.15, 0.2) is 0 Å². The van der Waals surface area contributed by atoms with Crippen LogP contribution in [0.5, 0.6) is 0 Å². The predicted molar refractivity (Wildman–Crippen MR) is 83.6 cm³/mol. The van der Waals surface area contributed by atoms with Crippen LogP contribution < -0.4 is 15.1 Å². The average molecular weight is 335 g/mol. The van der Waals surface area contributed by atoms with E-state index in [9.17, 15) is 14.0 Å². The highest BCUT2D eigenvalue weighted by atomic mass is 19.1. The van der Waals surface area contributed by atoms with Crippen molar-refractivity contribution in [3.63, 3.8) is 0 Å². The van der Waals surface area contributed by atoms with Crippen LogP contribution >= 0.6 is 0 Å². The van der Waals surface area contributed by atoms with Crippen molar-refractivity contribution in [3.8, 4) is 0 Å². The van der Waals surface area contributed by atoms with E-state index >= 15 is 0 Å². The van der Waals surface area contributed by atoms with Crippen LogP contribution in [0.2, 0.25) is 0 Å². The number of ether oxygens (including phenoxy) is 2. The summed E-state index contributed by atoms with van der Waals surface area (Å²) in [4.78, 5) is 26.2. The molecule has 2 amide bonds. The molecule has 1 aromatic carbocycles. The maximum Gasteiger partial charge on any atom is 0.414 e. The van der Waals surface area contributed by atoms with Crippen LogP contribution in [0, 0.1) is 5.82 Å². The van der Waals surface area contributed by atoms with Crippen molar-refractivity contribution in [2.75, 3.05) is 36.0 Å². The summed E-state index contributed by atoms with van der Waals surface area (Å²) in [6.07, 6.45) is -0.514. The molecule has 1 aromatic rings. The maximum atomic E-state index is 14.5. The number of morpholine rings is 1. The fourth-order valence-corrected chi connectivity index (χ4v) is 3.22. The lowest BCUT2D eigenvalue weighted by atomic mass is 10.2. The predicted octanol–water partition coefficient (Wildman–Crippen LogP) is 0.874. The summed E-state index contributed by atoms with van der Waals surface area (Å²) < 4.78 is 25.0. The van der Waals surface area contributed by atoms with E-state index in [1.54, 1.807) is 12.1 Å². The molecule has 4 rings (SSSR count). The molecule has 3 atom stereocenters. The number of nitrogens with one attached hydrogen (secondary N) is 1. The van der Waals surface area contributed by atoms with Crippen molar-refractivity contribution >= 4 is 23.4 Å². The van der Waals surface area contributed by atoms with Gasteiger partial charge in [-0.15, -0.1) is 0 Å². The molecule has 3 aliphatic heterocycles. The van der Waals surface area contributed by atoms with Gasteiger partial charge in [0.2, 0.25) is 5.91 Å². The van der Waals surface area contributed by atoms with E-state index in [1.165, 1.54) is 17.9 Å². The Bertz CT molecular complexity index is 688. The Morgan fingerprint density at radius 2 is 2.08 bits per heavy atom. The lowest BCUT2D eigenvalue weighted by molar-refractivity contribution is -0.119. The van der Waals surface area contributed by atoms with Gasteiger partial charge in [0.05, 0.1) is 24.5 Å². The first-order chi connectivity index (χ1) is 11.5. The number of hydrogen-bond donors (Lipinski definition) is 1. The molecule has 0 saturated carbocycles. The Balaban J connectivity index is 1.45. The SMILES string of the molecule is CC(=O)NC[C@H]1CN(c2ccc(N3CC4OC4C3)c(F)c2)C(=O)O1. The number of halogens is 1. The largest absolute Gasteiger partial charge is 0.442 e. The fraction of sp³-hybridized carbons (Fsp3) is 0.500. The maximum absolute atomic E-state index is 14.5. The van der Waals surface area contributed by atoms with E-state index in [0.29, 0.717) is 24.5 Å². The molecule has 8 heteroatoms. The van der Waals surface area contributed by atoms with Crippen LogP contribution in [-0.2, 0) is 14.3 Å².